The summed E-state index contributed by atoms with van der Waals surface area (Å²) in [6.07, 6.45) is 0.582. The molecule has 1 aliphatic rings. The fourth-order valence-electron chi connectivity index (χ4n) is 3.52. The molecule has 3 rings (SSSR count). The Bertz CT molecular complexity index is 1010. The highest BCUT2D eigenvalue weighted by atomic mass is 32.2. The second kappa shape index (κ2) is 7.39. The summed E-state index contributed by atoms with van der Waals surface area (Å²) in [7, 11) is -1.14. The summed E-state index contributed by atoms with van der Waals surface area (Å²) in [6, 6.07) is 1.96. The van der Waals surface area contributed by atoms with Crippen LogP contribution in [0.4, 0.5) is 0 Å². The van der Waals surface area contributed by atoms with Crippen LogP contribution in [-0.4, -0.2) is 46.2 Å². The van der Waals surface area contributed by atoms with Crippen molar-refractivity contribution in [3.8, 4) is 0 Å². The maximum absolute atomic E-state index is 12.8. The maximum atomic E-state index is 12.8. The van der Waals surface area contributed by atoms with Crippen LogP contribution in [0, 0.1) is 27.7 Å². The first-order valence-electron chi connectivity index (χ1n) is 8.94. The van der Waals surface area contributed by atoms with Crippen LogP contribution in [0.5, 0.6) is 0 Å². The lowest BCUT2D eigenvalue weighted by Gasteiger charge is -2.13. The van der Waals surface area contributed by atoms with Crippen LogP contribution in [0.2, 0.25) is 0 Å². The minimum Gasteiger partial charge on any atom is -0.309 e. The lowest BCUT2D eigenvalue weighted by atomic mass is 9.93. The molecule has 6 nitrogen and oxygen atoms in total. The third-order valence-corrected chi connectivity index (χ3v) is 8.37. The summed E-state index contributed by atoms with van der Waals surface area (Å²) < 4.78 is 25.2. The molecule has 0 unspecified atom stereocenters. The van der Waals surface area contributed by atoms with E-state index in [2.05, 4.69) is 17.1 Å². The zero-order valence-electron chi connectivity index (χ0n) is 16.4. The highest BCUT2D eigenvalue weighted by Gasteiger charge is 2.32. The normalized spacial score (nSPS) is 18.8. The van der Waals surface area contributed by atoms with E-state index in [1.807, 2.05) is 38.5 Å². The Labute approximate surface area is 164 Å². The quantitative estimate of drug-likeness (QED) is 0.560. The van der Waals surface area contributed by atoms with E-state index >= 15 is 0 Å². The van der Waals surface area contributed by atoms with E-state index in [-0.39, 0.29) is 29.0 Å². The Morgan fingerprint density at radius 1 is 1.19 bits per heavy atom. The number of thioether (sulfide) groups is 1. The van der Waals surface area contributed by atoms with Crippen LogP contribution in [0.25, 0.3) is 0 Å². The van der Waals surface area contributed by atoms with E-state index in [1.165, 1.54) is 17.3 Å². The van der Waals surface area contributed by atoms with Crippen molar-refractivity contribution in [3.05, 3.63) is 39.7 Å². The van der Waals surface area contributed by atoms with Gasteiger partial charge in [-0.1, -0.05) is 11.8 Å². The van der Waals surface area contributed by atoms with Crippen LogP contribution >= 0.6 is 11.8 Å². The third kappa shape index (κ3) is 3.96. The standard InChI is InChI=1S/C19H25N3O3S2/c1-11-8-16(14(4)13(3)12(11)2)17(23)9-26-19-21-20-18(22(19)5)15-6-7-27(24,25)10-15/h8,15H,6-7,9-10H2,1-5H3/t15-/m0/s1. The summed E-state index contributed by atoms with van der Waals surface area (Å²) in [5.74, 6) is 1.25. The van der Waals surface area contributed by atoms with Gasteiger partial charge in [-0.05, 0) is 62.4 Å². The molecule has 2 heterocycles. The fraction of sp³-hybridized carbons (Fsp3) is 0.526. The van der Waals surface area contributed by atoms with E-state index in [9.17, 15) is 13.2 Å². The van der Waals surface area contributed by atoms with E-state index in [1.54, 1.807) is 0 Å². The molecule has 0 saturated carbocycles. The van der Waals surface area contributed by atoms with Gasteiger partial charge in [-0.15, -0.1) is 10.2 Å². The number of nitrogens with zero attached hydrogens (tertiary/aromatic N) is 3. The minimum atomic E-state index is -2.97. The molecule has 2 aromatic rings. The molecule has 8 heteroatoms. The summed E-state index contributed by atoms with van der Waals surface area (Å²) >= 11 is 1.34. The second-order valence-corrected chi connectivity index (χ2v) is 10.5. The van der Waals surface area contributed by atoms with Gasteiger partial charge in [0, 0.05) is 18.5 Å². The number of sulfone groups is 1. The van der Waals surface area contributed by atoms with Crippen LogP contribution in [0.3, 0.4) is 0 Å². The van der Waals surface area contributed by atoms with Crippen LogP contribution in [0.1, 0.15) is 50.8 Å². The molecule has 1 atom stereocenters. The lowest BCUT2D eigenvalue weighted by Crippen LogP contribution is -2.10. The molecule has 0 spiro atoms. The first-order valence-corrected chi connectivity index (χ1v) is 11.7. The molecule has 0 N–H and O–H groups in total. The second-order valence-electron chi connectivity index (χ2n) is 7.33. The van der Waals surface area contributed by atoms with E-state index in [0.29, 0.717) is 17.4 Å². The summed E-state index contributed by atoms with van der Waals surface area (Å²) in [5, 5.41) is 9.00. The molecule has 0 amide bonds. The van der Waals surface area contributed by atoms with Gasteiger partial charge in [0.15, 0.2) is 20.8 Å². The van der Waals surface area contributed by atoms with Gasteiger partial charge in [-0.2, -0.15) is 0 Å². The van der Waals surface area contributed by atoms with Crippen molar-refractivity contribution in [1.82, 2.24) is 14.8 Å². The number of carbonyl (C=O) groups is 1. The molecule has 27 heavy (non-hydrogen) atoms. The van der Waals surface area contributed by atoms with Crippen molar-refractivity contribution in [2.24, 2.45) is 7.05 Å². The van der Waals surface area contributed by atoms with E-state index in [4.69, 9.17) is 0 Å². The molecule has 1 aromatic heterocycles. The van der Waals surface area contributed by atoms with Crippen LogP contribution in [0.15, 0.2) is 11.2 Å². The zero-order valence-corrected chi connectivity index (χ0v) is 18.0. The van der Waals surface area contributed by atoms with Crippen molar-refractivity contribution >= 4 is 27.4 Å². The summed E-state index contributed by atoms with van der Waals surface area (Å²) in [4.78, 5) is 12.8. The van der Waals surface area contributed by atoms with Gasteiger partial charge in [0.05, 0.1) is 17.3 Å². The number of carbonyl (C=O) groups excluding carboxylic acids is 1. The van der Waals surface area contributed by atoms with Gasteiger partial charge >= 0.3 is 0 Å². The Kier molecular flexibility index (Phi) is 5.49. The molecule has 0 radical (unpaired) electrons. The van der Waals surface area contributed by atoms with Crippen molar-refractivity contribution in [1.29, 1.82) is 0 Å². The molecule has 1 fully saturated rings. The topological polar surface area (TPSA) is 81.9 Å². The SMILES string of the molecule is Cc1cc(C(=O)CSc2nnc([C@H]3CCS(=O)(=O)C3)n2C)c(C)c(C)c1C. The van der Waals surface area contributed by atoms with Gasteiger partial charge in [-0.25, -0.2) is 8.42 Å². The Hall–Kier alpha value is -1.67. The molecule has 1 saturated heterocycles. The smallest absolute Gasteiger partial charge is 0.191 e. The minimum absolute atomic E-state index is 0.0664. The van der Waals surface area contributed by atoms with Crippen molar-refractivity contribution in [2.45, 2.75) is 45.2 Å². The summed E-state index contributed by atoms with van der Waals surface area (Å²) in [6.45, 7) is 8.13. The molecule has 0 bridgehead atoms. The lowest BCUT2D eigenvalue weighted by molar-refractivity contribution is 0.102. The Morgan fingerprint density at radius 2 is 1.89 bits per heavy atom. The van der Waals surface area contributed by atoms with Crippen LogP contribution in [-0.2, 0) is 16.9 Å². The van der Waals surface area contributed by atoms with Crippen molar-refractivity contribution in [3.63, 3.8) is 0 Å². The number of ketones is 1. The predicted octanol–water partition coefficient (Wildman–Crippen LogP) is 2.93. The third-order valence-electron chi connectivity index (χ3n) is 5.58. The van der Waals surface area contributed by atoms with Crippen LogP contribution < -0.4 is 0 Å². The number of hydrogen-bond donors (Lipinski definition) is 0. The largest absolute Gasteiger partial charge is 0.309 e. The predicted molar refractivity (Wildman–Crippen MR) is 107 cm³/mol. The molecular weight excluding hydrogens is 382 g/mol. The number of aromatic nitrogens is 3. The van der Waals surface area contributed by atoms with Crippen molar-refractivity contribution in [2.75, 3.05) is 17.3 Å². The van der Waals surface area contributed by atoms with E-state index < -0.39 is 9.84 Å². The number of benzene rings is 1. The molecular formula is C19H25N3O3S2. The van der Waals surface area contributed by atoms with Gasteiger partial charge in [0.2, 0.25) is 0 Å². The molecule has 0 aliphatic carbocycles. The first kappa shape index (κ1) is 20.1. The maximum Gasteiger partial charge on any atom is 0.191 e. The highest BCUT2D eigenvalue weighted by Crippen LogP contribution is 2.30. The number of aryl methyl sites for hydroxylation is 1. The monoisotopic (exact) mass is 407 g/mol. The van der Waals surface area contributed by atoms with Gasteiger partial charge in [0.25, 0.3) is 0 Å². The number of rotatable bonds is 5. The van der Waals surface area contributed by atoms with Gasteiger partial charge < -0.3 is 4.57 Å². The van der Waals surface area contributed by atoms with Crippen molar-refractivity contribution < 1.29 is 13.2 Å². The molecule has 146 valence electrons. The van der Waals surface area contributed by atoms with E-state index in [0.717, 1.165) is 22.3 Å². The molecule has 1 aromatic carbocycles. The molecule has 1 aliphatic heterocycles. The highest BCUT2D eigenvalue weighted by molar-refractivity contribution is 7.99. The fourth-order valence-corrected chi connectivity index (χ4v) is 6.06. The number of hydrogen-bond acceptors (Lipinski definition) is 6. The summed E-state index contributed by atoms with van der Waals surface area (Å²) in [5.41, 5.74) is 5.29. The average molecular weight is 408 g/mol. The van der Waals surface area contributed by atoms with Gasteiger partial charge in [-0.3, -0.25) is 4.79 Å². The Morgan fingerprint density at radius 3 is 2.52 bits per heavy atom. The zero-order chi connectivity index (χ0) is 19.9. The Balaban J connectivity index is 1.74. The van der Waals surface area contributed by atoms with Gasteiger partial charge in [0.1, 0.15) is 5.82 Å². The first-order chi connectivity index (χ1) is 12.6. The number of Topliss-reactive ketones (excluding diaryl/α,β-unsaturated/α-hetero) is 1. The average Bonchev–Trinajstić information content (AvgIpc) is 3.16.